The van der Waals surface area contributed by atoms with Crippen LogP contribution in [-0.2, 0) is 0 Å². The minimum atomic E-state index is -0.0429. The van der Waals surface area contributed by atoms with Gasteiger partial charge in [0.05, 0.1) is 5.69 Å². The molecule has 0 aliphatic heterocycles. The number of aromatic nitrogens is 1. The summed E-state index contributed by atoms with van der Waals surface area (Å²) in [7, 11) is 0. The van der Waals surface area contributed by atoms with Gasteiger partial charge < -0.3 is 5.73 Å². The summed E-state index contributed by atoms with van der Waals surface area (Å²) in [5.41, 5.74) is 6.39. The Kier molecular flexibility index (Phi) is 4.42. The first-order valence-electron chi connectivity index (χ1n) is 3.07. The lowest BCUT2D eigenvalue weighted by Crippen LogP contribution is -2.06. The molecule has 1 heterocycles. The van der Waals surface area contributed by atoms with E-state index in [1.807, 2.05) is 6.92 Å². The van der Waals surface area contributed by atoms with Crippen LogP contribution >= 0.6 is 24.0 Å². The van der Waals surface area contributed by atoms with Gasteiger partial charge in [0.25, 0.3) is 0 Å². The molecule has 0 spiro atoms. The van der Waals surface area contributed by atoms with E-state index < -0.39 is 0 Å². The molecule has 1 aromatic heterocycles. The number of hydrogen-bond donors (Lipinski definition) is 1. The van der Waals surface area contributed by atoms with E-state index in [2.05, 4.69) is 4.98 Å². The summed E-state index contributed by atoms with van der Waals surface area (Å²) in [4.78, 5) is 4.03. The van der Waals surface area contributed by atoms with Gasteiger partial charge in [0.15, 0.2) is 0 Å². The quantitative estimate of drug-likeness (QED) is 0.742. The molecule has 0 saturated carbocycles. The lowest BCUT2D eigenvalue weighted by atomic mass is 10.2. The van der Waals surface area contributed by atoms with Crippen LogP contribution in [0.5, 0.6) is 0 Å². The Labute approximate surface area is 77.2 Å². The molecule has 1 atom stereocenters. The standard InChI is InChI=1S/C7H9ClN2.ClH/c1-5(9)7-4-6(8)2-3-10-7;/h2-5H,9H2,1H3;1H. The minimum absolute atomic E-state index is 0. The fourth-order valence-corrected chi connectivity index (χ4v) is 0.838. The van der Waals surface area contributed by atoms with Gasteiger partial charge in [-0.1, -0.05) is 11.6 Å². The Balaban J connectivity index is 0.000001000. The van der Waals surface area contributed by atoms with Gasteiger partial charge in [0, 0.05) is 17.3 Å². The van der Waals surface area contributed by atoms with E-state index >= 15 is 0 Å². The van der Waals surface area contributed by atoms with Gasteiger partial charge in [-0.05, 0) is 19.1 Å². The number of nitrogens with two attached hydrogens (primary N) is 1. The molecule has 0 fully saturated rings. The third-order valence-corrected chi connectivity index (χ3v) is 1.44. The SMILES string of the molecule is CC(N)c1cc(Cl)ccn1.Cl. The molecule has 0 aliphatic rings. The second kappa shape index (κ2) is 4.54. The first-order valence-corrected chi connectivity index (χ1v) is 3.45. The molecule has 0 bridgehead atoms. The monoisotopic (exact) mass is 192 g/mol. The highest BCUT2D eigenvalue weighted by Gasteiger charge is 1.99. The van der Waals surface area contributed by atoms with E-state index in [4.69, 9.17) is 17.3 Å². The maximum Gasteiger partial charge on any atom is 0.0582 e. The lowest BCUT2D eigenvalue weighted by Gasteiger charge is -2.02. The normalized spacial score (nSPS) is 11.9. The summed E-state index contributed by atoms with van der Waals surface area (Å²) in [6, 6.07) is 3.46. The molecule has 1 aromatic rings. The molecule has 2 nitrogen and oxygen atoms in total. The number of rotatable bonds is 1. The van der Waals surface area contributed by atoms with Crippen molar-refractivity contribution in [1.82, 2.24) is 4.98 Å². The summed E-state index contributed by atoms with van der Waals surface area (Å²) < 4.78 is 0. The van der Waals surface area contributed by atoms with Crippen LogP contribution < -0.4 is 5.73 Å². The van der Waals surface area contributed by atoms with Gasteiger partial charge in [-0.25, -0.2) is 0 Å². The molecule has 2 N–H and O–H groups in total. The molecule has 0 aromatic carbocycles. The van der Waals surface area contributed by atoms with Crippen molar-refractivity contribution in [2.45, 2.75) is 13.0 Å². The van der Waals surface area contributed by atoms with Crippen LogP contribution in [0, 0.1) is 0 Å². The number of hydrogen-bond acceptors (Lipinski definition) is 2. The van der Waals surface area contributed by atoms with E-state index in [0.29, 0.717) is 5.02 Å². The molecule has 0 amide bonds. The molecular formula is C7H10Cl2N2. The maximum atomic E-state index is 5.69. The Hall–Kier alpha value is -0.310. The zero-order valence-electron chi connectivity index (χ0n) is 6.12. The maximum absolute atomic E-state index is 5.69. The predicted octanol–water partition coefficient (Wildman–Crippen LogP) is 2.18. The van der Waals surface area contributed by atoms with E-state index in [1.165, 1.54) is 0 Å². The van der Waals surface area contributed by atoms with Gasteiger partial charge in [0.1, 0.15) is 0 Å². The van der Waals surface area contributed by atoms with Gasteiger partial charge >= 0.3 is 0 Å². The fourth-order valence-electron chi connectivity index (χ4n) is 0.670. The highest BCUT2D eigenvalue weighted by molar-refractivity contribution is 6.30. The summed E-state index contributed by atoms with van der Waals surface area (Å²) in [6.45, 7) is 1.87. The smallest absolute Gasteiger partial charge is 0.0582 e. The number of pyridine rings is 1. The first kappa shape index (κ1) is 10.7. The van der Waals surface area contributed by atoms with Gasteiger partial charge in [-0.3, -0.25) is 4.98 Å². The molecule has 0 aliphatic carbocycles. The summed E-state index contributed by atoms with van der Waals surface area (Å²) in [5.74, 6) is 0. The van der Waals surface area contributed by atoms with E-state index in [9.17, 15) is 0 Å². The average molecular weight is 193 g/mol. The molecule has 62 valence electrons. The zero-order chi connectivity index (χ0) is 7.56. The van der Waals surface area contributed by atoms with Crippen molar-refractivity contribution in [2.75, 3.05) is 0 Å². The Morgan fingerprint density at radius 1 is 1.64 bits per heavy atom. The highest BCUT2D eigenvalue weighted by Crippen LogP contribution is 2.11. The van der Waals surface area contributed by atoms with Crippen LogP contribution in [0.2, 0.25) is 5.02 Å². The first-order chi connectivity index (χ1) is 4.70. The fraction of sp³-hybridized carbons (Fsp3) is 0.286. The molecule has 1 rings (SSSR count). The third-order valence-electron chi connectivity index (χ3n) is 1.21. The molecule has 0 saturated heterocycles. The second-order valence-corrected chi connectivity index (χ2v) is 2.62. The molecular weight excluding hydrogens is 183 g/mol. The molecule has 4 heteroatoms. The van der Waals surface area contributed by atoms with Crippen LogP contribution in [0.4, 0.5) is 0 Å². The summed E-state index contributed by atoms with van der Waals surface area (Å²) in [5, 5.41) is 0.683. The topological polar surface area (TPSA) is 38.9 Å². The van der Waals surface area contributed by atoms with Crippen molar-refractivity contribution in [3.05, 3.63) is 29.0 Å². The van der Waals surface area contributed by atoms with Crippen molar-refractivity contribution in [3.63, 3.8) is 0 Å². The molecule has 11 heavy (non-hydrogen) atoms. The summed E-state index contributed by atoms with van der Waals surface area (Å²) >= 11 is 5.69. The Morgan fingerprint density at radius 3 is 2.64 bits per heavy atom. The van der Waals surface area contributed by atoms with Crippen molar-refractivity contribution in [3.8, 4) is 0 Å². The van der Waals surface area contributed by atoms with E-state index in [0.717, 1.165) is 5.69 Å². The van der Waals surface area contributed by atoms with Crippen molar-refractivity contribution in [2.24, 2.45) is 5.73 Å². The minimum Gasteiger partial charge on any atom is -0.323 e. The van der Waals surface area contributed by atoms with E-state index in [-0.39, 0.29) is 18.4 Å². The summed E-state index contributed by atoms with van der Waals surface area (Å²) in [6.07, 6.45) is 1.65. The lowest BCUT2D eigenvalue weighted by molar-refractivity contribution is 0.781. The zero-order valence-corrected chi connectivity index (χ0v) is 7.69. The van der Waals surface area contributed by atoms with Crippen LogP contribution in [0.3, 0.4) is 0 Å². The molecule has 1 unspecified atom stereocenters. The van der Waals surface area contributed by atoms with Gasteiger partial charge in [-0.15, -0.1) is 12.4 Å². The highest BCUT2D eigenvalue weighted by atomic mass is 35.5. The Morgan fingerprint density at radius 2 is 2.27 bits per heavy atom. The van der Waals surface area contributed by atoms with Gasteiger partial charge in [0.2, 0.25) is 0 Å². The van der Waals surface area contributed by atoms with Crippen LogP contribution in [0.1, 0.15) is 18.7 Å². The van der Waals surface area contributed by atoms with Crippen LogP contribution in [0.25, 0.3) is 0 Å². The Bertz CT molecular complexity index is 225. The predicted molar refractivity (Wildman–Crippen MR) is 49.1 cm³/mol. The second-order valence-electron chi connectivity index (χ2n) is 2.19. The van der Waals surface area contributed by atoms with E-state index in [1.54, 1.807) is 18.3 Å². The largest absolute Gasteiger partial charge is 0.323 e. The van der Waals surface area contributed by atoms with Gasteiger partial charge in [-0.2, -0.15) is 0 Å². The van der Waals surface area contributed by atoms with Crippen LogP contribution in [-0.4, -0.2) is 4.98 Å². The molecule has 0 radical (unpaired) electrons. The van der Waals surface area contributed by atoms with Crippen molar-refractivity contribution < 1.29 is 0 Å². The van der Waals surface area contributed by atoms with Crippen LogP contribution in [0.15, 0.2) is 18.3 Å². The van der Waals surface area contributed by atoms with Crippen molar-refractivity contribution >= 4 is 24.0 Å². The number of nitrogens with zero attached hydrogens (tertiary/aromatic N) is 1. The van der Waals surface area contributed by atoms with Crippen molar-refractivity contribution in [1.29, 1.82) is 0 Å². The average Bonchev–Trinajstić information content (AvgIpc) is 1.88. The number of halogens is 2. The third kappa shape index (κ3) is 3.06.